The summed E-state index contributed by atoms with van der Waals surface area (Å²) in [7, 11) is 0. The molecule has 186 valence electrons. The van der Waals surface area contributed by atoms with Gasteiger partial charge in [0.15, 0.2) is 0 Å². The van der Waals surface area contributed by atoms with Crippen molar-refractivity contribution in [2.45, 2.75) is 33.9 Å². The van der Waals surface area contributed by atoms with E-state index in [1.807, 2.05) is 49.1 Å². The topological polar surface area (TPSA) is 53.1 Å². The van der Waals surface area contributed by atoms with E-state index in [4.69, 9.17) is 16.3 Å². The molecule has 1 aliphatic rings. The summed E-state index contributed by atoms with van der Waals surface area (Å²) in [5, 5.41) is 0. The Labute approximate surface area is 212 Å². The van der Waals surface area contributed by atoms with E-state index in [0.717, 1.165) is 23.5 Å². The van der Waals surface area contributed by atoms with Crippen molar-refractivity contribution in [2.24, 2.45) is 5.41 Å². The number of halogens is 1. The van der Waals surface area contributed by atoms with Gasteiger partial charge in [-0.1, -0.05) is 30.3 Å². The summed E-state index contributed by atoms with van der Waals surface area (Å²) in [4.78, 5) is 35.2. The van der Waals surface area contributed by atoms with Crippen LogP contribution in [0, 0.1) is 12.3 Å². The van der Waals surface area contributed by atoms with Crippen LogP contribution in [0.25, 0.3) is 0 Å². The predicted octanol–water partition coefficient (Wildman–Crippen LogP) is 4.01. The van der Waals surface area contributed by atoms with Gasteiger partial charge in [-0.05, 0) is 38.5 Å². The Balaban J connectivity index is 1.76. The molecule has 1 saturated heterocycles. The van der Waals surface area contributed by atoms with Crippen LogP contribution < -0.4 is 0 Å². The first kappa shape index (κ1) is 26.7. The van der Waals surface area contributed by atoms with E-state index < -0.39 is 5.41 Å². The highest BCUT2D eigenvalue weighted by Crippen LogP contribution is 2.22. The van der Waals surface area contributed by atoms with E-state index in [1.54, 1.807) is 16.2 Å². The average molecular weight is 506 g/mol. The number of hydrogen-bond acceptors (Lipinski definition) is 5. The summed E-state index contributed by atoms with van der Waals surface area (Å²) in [5.74, 6) is 0.0577. The molecule has 2 heterocycles. The van der Waals surface area contributed by atoms with Crippen molar-refractivity contribution in [1.82, 2.24) is 14.7 Å². The zero-order valence-electron chi connectivity index (χ0n) is 20.5. The number of aryl methyl sites for hydroxylation is 1. The van der Waals surface area contributed by atoms with Crippen LogP contribution in [0.4, 0.5) is 0 Å². The Kier molecular flexibility index (Phi) is 9.95. The van der Waals surface area contributed by atoms with Crippen LogP contribution >= 0.6 is 22.9 Å². The maximum atomic E-state index is 13.6. The van der Waals surface area contributed by atoms with Gasteiger partial charge >= 0.3 is 0 Å². The van der Waals surface area contributed by atoms with Gasteiger partial charge in [0.1, 0.15) is 0 Å². The molecule has 1 aromatic carbocycles. The normalized spacial score (nSPS) is 14.7. The molecule has 2 amide bonds. The fourth-order valence-electron chi connectivity index (χ4n) is 3.88. The Morgan fingerprint density at radius 3 is 2.38 bits per heavy atom. The number of hydrogen-bond donors (Lipinski definition) is 0. The Morgan fingerprint density at radius 2 is 1.76 bits per heavy atom. The molecule has 0 aliphatic carbocycles. The van der Waals surface area contributed by atoms with E-state index in [9.17, 15) is 9.59 Å². The lowest BCUT2D eigenvalue weighted by molar-refractivity contribution is -0.146. The van der Waals surface area contributed by atoms with E-state index in [2.05, 4.69) is 24.0 Å². The molecule has 0 atom stereocenters. The van der Waals surface area contributed by atoms with E-state index in [0.29, 0.717) is 39.4 Å². The number of alkyl halides is 1. The molecule has 34 heavy (non-hydrogen) atoms. The lowest BCUT2D eigenvalue weighted by atomic mass is 9.94. The van der Waals surface area contributed by atoms with Gasteiger partial charge in [0.2, 0.25) is 11.8 Å². The summed E-state index contributed by atoms with van der Waals surface area (Å²) in [6.07, 6.45) is 0. The summed E-state index contributed by atoms with van der Waals surface area (Å²) >= 11 is 7.82. The molecule has 1 aromatic heterocycles. The number of nitrogens with zero attached hydrogens (tertiary/aromatic N) is 3. The molecule has 0 saturated carbocycles. The number of amides is 2. The van der Waals surface area contributed by atoms with Crippen molar-refractivity contribution in [3.63, 3.8) is 0 Å². The lowest BCUT2D eigenvalue weighted by Gasteiger charge is -2.34. The maximum Gasteiger partial charge on any atom is 0.242 e. The third-order valence-corrected chi connectivity index (χ3v) is 7.68. The third-order valence-electron chi connectivity index (χ3n) is 6.03. The minimum absolute atomic E-state index is 0.0423. The van der Waals surface area contributed by atoms with Crippen LogP contribution in [0.2, 0.25) is 0 Å². The Morgan fingerprint density at radius 1 is 1.06 bits per heavy atom. The molecule has 1 fully saturated rings. The second-order valence-corrected chi connectivity index (χ2v) is 11.1. The summed E-state index contributed by atoms with van der Waals surface area (Å²) in [6.45, 7) is 11.1. The molecule has 0 N–H and O–H groups in total. The predicted molar refractivity (Wildman–Crippen MR) is 138 cm³/mol. The van der Waals surface area contributed by atoms with Crippen LogP contribution in [0.1, 0.15) is 29.2 Å². The van der Waals surface area contributed by atoms with Crippen LogP contribution in [-0.4, -0.2) is 78.3 Å². The molecule has 0 unspecified atom stereocenters. The number of carbonyl (C=O) groups is 2. The Bertz CT molecular complexity index is 928. The smallest absolute Gasteiger partial charge is 0.242 e. The largest absolute Gasteiger partial charge is 0.379 e. The van der Waals surface area contributed by atoms with Crippen molar-refractivity contribution in [3.05, 3.63) is 57.8 Å². The number of carbonyl (C=O) groups excluding carboxylic acids is 2. The van der Waals surface area contributed by atoms with Crippen molar-refractivity contribution in [3.8, 4) is 0 Å². The molecule has 0 bridgehead atoms. The van der Waals surface area contributed by atoms with Gasteiger partial charge in [-0.25, -0.2) is 0 Å². The van der Waals surface area contributed by atoms with Gasteiger partial charge < -0.3 is 14.5 Å². The fraction of sp³-hybridized carbons (Fsp3) is 0.538. The highest BCUT2D eigenvalue weighted by atomic mass is 35.5. The standard InChI is InChI=1S/C26H36ClN3O3S/c1-21-9-10-23(34-21)18-30(17-22-7-5-4-6-8-22)24(31)19-29(25(32)26(2,3)20-27)12-11-28-13-15-33-16-14-28/h4-10H,11-20H2,1-3H3. The first-order valence-corrected chi connectivity index (χ1v) is 13.2. The number of thiophene rings is 1. The molecule has 6 nitrogen and oxygen atoms in total. The van der Waals surface area contributed by atoms with Crippen LogP contribution in [0.3, 0.4) is 0 Å². The number of benzene rings is 1. The van der Waals surface area contributed by atoms with Crippen molar-refractivity contribution in [2.75, 3.05) is 51.8 Å². The van der Waals surface area contributed by atoms with Gasteiger partial charge in [0.05, 0.1) is 31.7 Å². The molecule has 1 aliphatic heterocycles. The van der Waals surface area contributed by atoms with Crippen LogP contribution in [0.5, 0.6) is 0 Å². The maximum absolute atomic E-state index is 13.6. The number of ether oxygens (including phenoxy) is 1. The molecule has 0 radical (unpaired) electrons. The molecule has 0 spiro atoms. The van der Waals surface area contributed by atoms with E-state index in [1.165, 1.54) is 4.88 Å². The molecule has 2 aromatic rings. The SMILES string of the molecule is Cc1ccc(CN(Cc2ccccc2)C(=O)CN(CCN2CCOCC2)C(=O)C(C)(C)CCl)s1. The highest BCUT2D eigenvalue weighted by Gasteiger charge is 2.33. The molecular formula is C26H36ClN3O3S. The number of morpholine rings is 1. The first-order valence-electron chi connectivity index (χ1n) is 11.8. The van der Waals surface area contributed by atoms with Gasteiger partial charge in [-0.15, -0.1) is 22.9 Å². The lowest BCUT2D eigenvalue weighted by Crippen LogP contribution is -2.50. The van der Waals surface area contributed by atoms with Gasteiger partial charge in [0.25, 0.3) is 0 Å². The molecule has 8 heteroatoms. The molecular weight excluding hydrogens is 470 g/mol. The minimum atomic E-state index is -0.734. The van der Waals surface area contributed by atoms with Gasteiger partial charge in [0, 0.05) is 48.4 Å². The van der Waals surface area contributed by atoms with Crippen LogP contribution in [-0.2, 0) is 27.4 Å². The summed E-state index contributed by atoms with van der Waals surface area (Å²) in [5.41, 5.74) is 0.332. The monoisotopic (exact) mass is 505 g/mol. The first-order chi connectivity index (χ1) is 16.3. The summed E-state index contributed by atoms with van der Waals surface area (Å²) in [6, 6.07) is 14.1. The highest BCUT2D eigenvalue weighted by molar-refractivity contribution is 7.11. The van der Waals surface area contributed by atoms with Gasteiger partial charge in [-0.2, -0.15) is 0 Å². The summed E-state index contributed by atoms with van der Waals surface area (Å²) < 4.78 is 5.44. The fourth-order valence-corrected chi connectivity index (χ4v) is 4.90. The zero-order valence-corrected chi connectivity index (χ0v) is 22.0. The van der Waals surface area contributed by atoms with Crippen molar-refractivity contribution < 1.29 is 14.3 Å². The Hall–Kier alpha value is -1.93. The van der Waals surface area contributed by atoms with Gasteiger partial charge in [-0.3, -0.25) is 14.5 Å². The van der Waals surface area contributed by atoms with E-state index in [-0.39, 0.29) is 24.2 Å². The third kappa shape index (κ3) is 7.80. The van der Waals surface area contributed by atoms with Crippen LogP contribution in [0.15, 0.2) is 42.5 Å². The van der Waals surface area contributed by atoms with Crippen molar-refractivity contribution in [1.29, 1.82) is 0 Å². The second-order valence-electron chi connectivity index (χ2n) is 9.45. The number of rotatable bonds is 11. The zero-order chi connectivity index (χ0) is 24.6. The molecule has 3 rings (SSSR count). The van der Waals surface area contributed by atoms with E-state index >= 15 is 0 Å². The quantitative estimate of drug-likeness (QED) is 0.433. The second kappa shape index (κ2) is 12.7. The van der Waals surface area contributed by atoms with Crippen molar-refractivity contribution >= 4 is 34.8 Å². The average Bonchev–Trinajstić information content (AvgIpc) is 3.26. The minimum Gasteiger partial charge on any atom is -0.379 e.